The Bertz CT molecular complexity index is 178. The number of nitrogens with two attached hydrogens (primary N) is 1. The van der Waals surface area contributed by atoms with E-state index in [0.717, 1.165) is 0 Å². The van der Waals surface area contributed by atoms with Gasteiger partial charge in [0, 0.05) is 13.3 Å². The Balaban J connectivity index is 3.83. The zero-order valence-corrected chi connectivity index (χ0v) is 9.42. The molecule has 0 aromatic carbocycles. The van der Waals surface area contributed by atoms with Crippen LogP contribution in [0.25, 0.3) is 0 Å². The first-order chi connectivity index (χ1) is 5.85. The summed E-state index contributed by atoms with van der Waals surface area (Å²) in [6.07, 6.45) is 0.257. The predicted octanol–water partition coefficient (Wildman–Crippen LogP) is 0.255. The normalized spacial score (nSPS) is 18.6. The summed E-state index contributed by atoms with van der Waals surface area (Å²) in [4.78, 5) is 11.0. The van der Waals surface area contributed by atoms with Crippen molar-refractivity contribution in [1.82, 2.24) is 0 Å². The molecule has 2 atom stereocenters. The second-order valence-corrected chi connectivity index (χ2v) is 6.07. The maximum Gasteiger partial charge on any atom is 0.0519 e. The minimum atomic E-state index is -3.21. The van der Waals surface area contributed by atoms with E-state index in [-0.39, 0.29) is 18.2 Å². The minimum Gasteiger partial charge on any atom is -0.799 e. The van der Waals surface area contributed by atoms with Crippen LogP contribution in [0.4, 0.5) is 0 Å². The fraction of sp³-hybridized carbons (Fsp3) is 1.00. The summed E-state index contributed by atoms with van der Waals surface area (Å²) >= 11 is 0. The molecule has 0 saturated carbocycles. The molecule has 0 aliphatic rings. The summed E-state index contributed by atoms with van der Waals surface area (Å²) in [5.41, 5.74) is 5.43. The largest absolute Gasteiger partial charge is 0.799 e. The van der Waals surface area contributed by atoms with Crippen LogP contribution in [-0.2, 0) is 9.30 Å². The van der Waals surface area contributed by atoms with Gasteiger partial charge in [-0.2, -0.15) is 0 Å². The molecule has 0 aliphatic heterocycles. The Morgan fingerprint density at radius 1 is 1.54 bits per heavy atom. The van der Waals surface area contributed by atoms with E-state index in [1.807, 2.05) is 13.8 Å². The molecule has 0 rings (SSSR count). The van der Waals surface area contributed by atoms with Gasteiger partial charge in [0.25, 0.3) is 0 Å². The Morgan fingerprint density at radius 3 is 2.38 bits per heavy atom. The number of hydrogen-bond donors (Lipinski definition) is 1. The molecular formula is C8H19NO3P-. The van der Waals surface area contributed by atoms with E-state index in [1.54, 1.807) is 0 Å². The van der Waals surface area contributed by atoms with Gasteiger partial charge >= 0.3 is 0 Å². The Hall–Kier alpha value is 0.110. The van der Waals surface area contributed by atoms with Crippen molar-refractivity contribution in [1.29, 1.82) is 0 Å². The molecule has 5 heteroatoms. The van der Waals surface area contributed by atoms with E-state index in [0.29, 0.717) is 13.2 Å². The highest BCUT2D eigenvalue weighted by atomic mass is 31.2. The molecule has 0 spiro atoms. The lowest BCUT2D eigenvalue weighted by molar-refractivity contribution is -0.174. The van der Waals surface area contributed by atoms with Crippen LogP contribution in [0.2, 0.25) is 0 Å². The fourth-order valence-electron chi connectivity index (χ4n) is 0.993. The van der Waals surface area contributed by atoms with Gasteiger partial charge in [0.2, 0.25) is 0 Å². The van der Waals surface area contributed by atoms with Gasteiger partial charge in [0.05, 0.1) is 12.7 Å². The van der Waals surface area contributed by atoms with E-state index in [4.69, 9.17) is 10.5 Å². The van der Waals surface area contributed by atoms with E-state index in [1.165, 1.54) is 6.66 Å². The minimum absolute atomic E-state index is 0.0734. The topological polar surface area (TPSA) is 75.4 Å². The van der Waals surface area contributed by atoms with Gasteiger partial charge in [-0.05, 0) is 33.2 Å². The van der Waals surface area contributed by atoms with Crippen molar-refractivity contribution in [2.45, 2.75) is 20.0 Å². The van der Waals surface area contributed by atoms with E-state index < -0.39 is 7.37 Å². The van der Waals surface area contributed by atoms with Crippen LogP contribution in [-0.4, -0.2) is 32.1 Å². The average molecular weight is 208 g/mol. The smallest absolute Gasteiger partial charge is 0.0519 e. The second-order valence-electron chi connectivity index (χ2n) is 3.68. The van der Waals surface area contributed by atoms with E-state index in [2.05, 4.69) is 0 Å². The monoisotopic (exact) mass is 208 g/mol. The van der Waals surface area contributed by atoms with Crippen molar-refractivity contribution in [3.8, 4) is 0 Å². The van der Waals surface area contributed by atoms with Crippen LogP contribution >= 0.6 is 7.37 Å². The van der Waals surface area contributed by atoms with Crippen LogP contribution in [0.1, 0.15) is 13.8 Å². The van der Waals surface area contributed by atoms with Gasteiger partial charge in [-0.15, -0.1) is 0 Å². The maximum atomic E-state index is 11.0. The molecule has 0 fully saturated rings. The molecule has 0 heterocycles. The summed E-state index contributed by atoms with van der Waals surface area (Å²) in [5, 5.41) is 0. The lowest BCUT2D eigenvalue weighted by Gasteiger charge is -2.24. The van der Waals surface area contributed by atoms with Crippen molar-refractivity contribution in [2.24, 2.45) is 11.7 Å². The highest BCUT2D eigenvalue weighted by Crippen LogP contribution is 2.32. The van der Waals surface area contributed by atoms with Crippen molar-refractivity contribution in [2.75, 3.05) is 26.0 Å². The van der Waals surface area contributed by atoms with Crippen LogP contribution in [0, 0.1) is 5.92 Å². The van der Waals surface area contributed by atoms with Gasteiger partial charge in [0.15, 0.2) is 0 Å². The van der Waals surface area contributed by atoms with Crippen LogP contribution < -0.4 is 10.6 Å². The van der Waals surface area contributed by atoms with Gasteiger partial charge in [-0.3, -0.25) is 0 Å². The molecule has 4 nitrogen and oxygen atoms in total. The lowest BCUT2D eigenvalue weighted by atomic mass is 10.2. The molecule has 2 N–H and O–H groups in total. The summed E-state index contributed by atoms with van der Waals surface area (Å²) in [6.45, 7) is 5.85. The quantitative estimate of drug-likeness (QED) is 0.635. The van der Waals surface area contributed by atoms with Crippen molar-refractivity contribution in [3.63, 3.8) is 0 Å². The van der Waals surface area contributed by atoms with Gasteiger partial charge in [0.1, 0.15) is 0 Å². The standard InChI is InChI=1S/C8H20NO3P/c1-7(2)12-5-8(4-9)6-13(3,10)11/h7-8H,4-6,9H2,1-3H3,(H,10,11)/p-1. The van der Waals surface area contributed by atoms with E-state index >= 15 is 0 Å². The first-order valence-corrected chi connectivity index (χ1v) is 6.70. The Labute approximate surface area is 79.9 Å². The van der Waals surface area contributed by atoms with Crippen molar-refractivity contribution < 1.29 is 14.2 Å². The highest BCUT2D eigenvalue weighted by molar-refractivity contribution is 7.55. The Morgan fingerprint density at radius 2 is 2.08 bits per heavy atom. The lowest BCUT2D eigenvalue weighted by Crippen LogP contribution is -2.26. The van der Waals surface area contributed by atoms with Gasteiger partial charge in [-0.25, -0.2) is 0 Å². The molecule has 13 heavy (non-hydrogen) atoms. The summed E-state index contributed by atoms with van der Waals surface area (Å²) in [7, 11) is -3.21. The number of ether oxygens (including phenoxy) is 1. The molecule has 0 aromatic rings. The highest BCUT2D eigenvalue weighted by Gasteiger charge is 2.12. The van der Waals surface area contributed by atoms with Gasteiger partial charge < -0.3 is 19.9 Å². The zero-order valence-electron chi connectivity index (χ0n) is 8.53. The first-order valence-electron chi connectivity index (χ1n) is 4.44. The first kappa shape index (κ1) is 13.1. The fourth-order valence-corrected chi connectivity index (χ4v) is 2.19. The third-order valence-electron chi connectivity index (χ3n) is 1.59. The van der Waals surface area contributed by atoms with Crippen molar-refractivity contribution in [3.05, 3.63) is 0 Å². The molecule has 0 amide bonds. The van der Waals surface area contributed by atoms with Gasteiger partial charge in [-0.1, -0.05) is 0 Å². The average Bonchev–Trinajstić information content (AvgIpc) is 1.95. The SMILES string of the molecule is CC(C)OCC(CN)CP(C)(=O)[O-]. The third kappa shape index (κ3) is 8.44. The van der Waals surface area contributed by atoms with Crippen molar-refractivity contribution >= 4 is 7.37 Å². The molecule has 0 radical (unpaired) electrons. The summed E-state index contributed by atoms with van der Waals surface area (Å²) in [6, 6.07) is 0. The van der Waals surface area contributed by atoms with Crippen LogP contribution in [0.5, 0.6) is 0 Å². The molecule has 0 saturated heterocycles. The van der Waals surface area contributed by atoms with Crippen LogP contribution in [0.3, 0.4) is 0 Å². The summed E-state index contributed by atoms with van der Waals surface area (Å²) < 4.78 is 16.3. The van der Waals surface area contributed by atoms with E-state index in [9.17, 15) is 9.46 Å². The second kappa shape index (κ2) is 5.76. The zero-order chi connectivity index (χ0) is 10.5. The molecular weight excluding hydrogens is 189 g/mol. The number of hydrogen-bond acceptors (Lipinski definition) is 4. The third-order valence-corrected chi connectivity index (χ3v) is 2.77. The maximum absolute atomic E-state index is 11.0. The Kier molecular flexibility index (Phi) is 5.81. The molecule has 2 unspecified atom stereocenters. The predicted molar refractivity (Wildman–Crippen MR) is 52.0 cm³/mol. The molecule has 0 aromatic heterocycles. The molecule has 0 bridgehead atoms. The molecule has 0 aliphatic carbocycles. The van der Waals surface area contributed by atoms with Crippen LogP contribution in [0.15, 0.2) is 0 Å². The number of rotatable bonds is 6. The molecule has 80 valence electrons. The summed E-state index contributed by atoms with van der Waals surface area (Å²) in [5.74, 6) is -0.0734.